The molecule has 2 rings (SSSR count). The molecule has 1 aromatic rings. The molecule has 0 bridgehead atoms. The number of hydrogen-bond acceptors (Lipinski definition) is 5. The fourth-order valence-corrected chi connectivity index (χ4v) is 3.12. The van der Waals surface area contributed by atoms with Crippen molar-refractivity contribution in [2.24, 2.45) is 0 Å². The molecule has 1 aromatic heterocycles. The quantitative estimate of drug-likeness (QED) is 0.857. The monoisotopic (exact) mass is 269 g/mol. The van der Waals surface area contributed by atoms with Crippen LogP contribution in [0.15, 0.2) is 0 Å². The van der Waals surface area contributed by atoms with E-state index in [-0.39, 0.29) is 11.6 Å². The molecule has 5 heteroatoms. The van der Waals surface area contributed by atoms with Gasteiger partial charge >= 0.3 is 5.97 Å². The lowest BCUT2D eigenvalue weighted by molar-refractivity contribution is -0.0544. The van der Waals surface area contributed by atoms with E-state index in [0.29, 0.717) is 23.8 Å². The number of thiophene rings is 1. The van der Waals surface area contributed by atoms with E-state index in [1.165, 1.54) is 11.3 Å². The number of rotatable bonds is 3. The highest BCUT2D eigenvalue weighted by Gasteiger charge is 2.34. The van der Waals surface area contributed by atoms with Gasteiger partial charge in [-0.3, -0.25) is 0 Å². The normalized spacial score (nSPS) is 22.6. The largest absolute Gasteiger partial charge is 0.462 e. The van der Waals surface area contributed by atoms with Crippen molar-refractivity contribution in [3.8, 4) is 0 Å². The molecular weight excluding hydrogens is 250 g/mol. The summed E-state index contributed by atoms with van der Waals surface area (Å²) in [5.41, 5.74) is 7.56. The highest BCUT2D eigenvalue weighted by Crippen LogP contribution is 2.40. The average molecular weight is 269 g/mol. The molecule has 0 amide bonds. The van der Waals surface area contributed by atoms with Gasteiger partial charge in [0.15, 0.2) is 0 Å². The first kappa shape index (κ1) is 13.4. The molecular formula is C13H19NO3S. The number of carbonyl (C=O) groups excluding carboxylic acids is 1. The Balaban J connectivity index is 2.33. The minimum atomic E-state index is -0.326. The number of nitrogens with two attached hydrogens (primary N) is 1. The maximum atomic E-state index is 11.8. The molecule has 0 aromatic carbocycles. The van der Waals surface area contributed by atoms with E-state index in [2.05, 4.69) is 13.8 Å². The van der Waals surface area contributed by atoms with Crippen LogP contribution >= 0.6 is 11.3 Å². The van der Waals surface area contributed by atoms with Crippen molar-refractivity contribution < 1.29 is 14.3 Å². The van der Waals surface area contributed by atoms with Gasteiger partial charge in [-0.1, -0.05) is 6.92 Å². The summed E-state index contributed by atoms with van der Waals surface area (Å²) in [6.07, 6.45) is 1.69. The van der Waals surface area contributed by atoms with E-state index < -0.39 is 0 Å². The van der Waals surface area contributed by atoms with Crippen LogP contribution in [-0.2, 0) is 22.5 Å². The van der Waals surface area contributed by atoms with E-state index in [9.17, 15) is 4.79 Å². The molecule has 0 radical (unpaired) electrons. The fraction of sp³-hybridized carbons (Fsp3) is 0.615. The van der Waals surface area contributed by atoms with Crippen LogP contribution in [0.2, 0.25) is 0 Å². The van der Waals surface area contributed by atoms with Crippen LogP contribution in [0.4, 0.5) is 5.69 Å². The molecule has 0 saturated carbocycles. The zero-order valence-corrected chi connectivity index (χ0v) is 11.9. The summed E-state index contributed by atoms with van der Waals surface area (Å²) in [6, 6.07) is 0. The SMILES string of the molecule is CCOC(=O)c1sc2c(c1N)CC(C)(CC)OC2. The molecule has 2 heterocycles. The van der Waals surface area contributed by atoms with Crippen LogP contribution in [0.1, 0.15) is 47.3 Å². The molecule has 1 atom stereocenters. The molecule has 18 heavy (non-hydrogen) atoms. The van der Waals surface area contributed by atoms with Crippen LogP contribution in [0.3, 0.4) is 0 Å². The van der Waals surface area contributed by atoms with Crippen LogP contribution in [0.25, 0.3) is 0 Å². The first-order chi connectivity index (χ1) is 8.50. The topological polar surface area (TPSA) is 61.5 Å². The third-order valence-electron chi connectivity index (χ3n) is 3.44. The summed E-state index contributed by atoms with van der Waals surface area (Å²) in [5, 5.41) is 0. The number of carbonyl (C=O) groups is 1. The summed E-state index contributed by atoms with van der Waals surface area (Å²) >= 11 is 1.40. The first-order valence-electron chi connectivity index (χ1n) is 6.22. The maximum absolute atomic E-state index is 11.8. The van der Waals surface area contributed by atoms with Crippen molar-refractivity contribution >= 4 is 23.0 Å². The van der Waals surface area contributed by atoms with Gasteiger partial charge in [-0.25, -0.2) is 4.79 Å². The van der Waals surface area contributed by atoms with Crippen LogP contribution in [-0.4, -0.2) is 18.2 Å². The first-order valence-corrected chi connectivity index (χ1v) is 7.03. The van der Waals surface area contributed by atoms with Gasteiger partial charge in [0.05, 0.1) is 24.5 Å². The summed E-state index contributed by atoms with van der Waals surface area (Å²) in [4.78, 5) is 13.4. The number of fused-ring (bicyclic) bond motifs is 1. The van der Waals surface area contributed by atoms with Gasteiger partial charge in [-0.2, -0.15) is 0 Å². The Kier molecular flexibility index (Phi) is 3.64. The molecule has 2 N–H and O–H groups in total. The number of ether oxygens (including phenoxy) is 2. The van der Waals surface area contributed by atoms with Crippen molar-refractivity contribution in [3.63, 3.8) is 0 Å². The zero-order chi connectivity index (χ0) is 13.3. The van der Waals surface area contributed by atoms with Gasteiger partial charge in [0.25, 0.3) is 0 Å². The Labute approximate surface area is 111 Å². The lowest BCUT2D eigenvalue weighted by Crippen LogP contribution is -2.34. The van der Waals surface area contributed by atoms with Crippen LogP contribution < -0.4 is 5.73 Å². The average Bonchev–Trinajstić information content (AvgIpc) is 2.67. The van der Waals surface area contributed by atoms with Crippen molar-refractivity contribution in [2.75, 3.05) is 12.3 Å². The molecule has 0 fully saturated rings. The Morgan fingerprint density at radius 2 is 2.28 bits per heavy atom. The third-order valence-corrected chi connectivity index (χ3v) is 4.64. The van der Waals surface area contributed by atoms with Gasteiger partial charge in [-0.15, -0.1) is 11.3 Å². The van der Waals surface area contributed by atoms with Crippen LogP contribution in [0.5, 0.6) is 0 Å². The number of esters is 1. The summed E-state index contributed by atoms with van der Waals surface area (Å²) < 4.78 is 10.9. The molecule has 1 unspecified atom stereocenters. The van der Waals surface area contributed by atoms with Gasteiger partial charge in [-0.05, 0) is 25.8 Å². The van der Waals surface area contributed by atoms with Gasteiger partial charge in [0.2, 0.25) is 0 Å². The third kappa shape index (κ3) is 2.24. The minimum absolute atomic E-state index is 0.172. The Morgan fingerprint density at radius 1 is 1.56 bits per heavy atom. The Morgan fingerprint density at radius 3 is 2.89 bits per heavy atom. The lowest BCUT2D eigenvalue weighted by Gasteiger charge is -2.33. The smallest absolute Gasteiger partial charge is 0.350 e. The van der Waals surface area contributed by atoms with Crippen molar-refractivity contribution in [1.29, 1.82) is 0 Å². The van der Waals surface area contributed by atoms with E-state index in [0.717, 1.165) is 23.3 Å². The molecule has 0 saturated heterocycles. The molecule has 100 valence electrons. The molecule has 4 nitrogen and oxygen atoms in total. The van der Waals surface area contributed by atoms with Gasteiger partial charge < -0.3 is 15.2 Å². The summed E-state index contributed by atoms with van der Waals surface area (Å²) in [6.45, 7) is 6.87. The highest BCUT2D eigenvalue weighted by atomic mass is 32.1. The summed E-state index contributed by atoms with van der Waals surface area (Å²) in [5.74, 6) is -0.326. The number of anilines is 1. The minimum Gasteiger partial charge on any atom is -0.462 e. The van der Waals surface area contributed by atoms with E-state index in [1.807, 2.05) is 0 Å². The van der Waals surface area contributed by atoms with E-state index >= 15 is 0 Å². The van der Waals surface area contributed by atoms with Gasteiger partial charge in [0.1, 0.15) is 4.88 Å². The second-order valence-electron chi connectivity index (χ2n) is 4.74. The molecule has 1 aliphatic heterocycles. The second-order valence-corrected chi connectivity index (χ2v) is 5.84. The Hall–Kier alpha value is -1.07. The van der Waals surface area contributed by atoms with Crippen LogP contribution in [0, 0.1) is 0 Å². The van der Waals surface area contributed by atoms with Gasteiger partial charge in [0, 0.05) is 11.3 Å². The second kappa shape index (κ2) is 4.90. The van der Waals surface area contributed by atoms with Crippen molar-refractivity contribution in [3.05, 3.63) is 15.3 Å². The highest BCUT2D eigenvalue weighted by molar-refractivity contribution is 7.14. The molecule has 1 aliphatic rings. The maximum Gasteiger partial charge on any atom is 0.350 e. The zero-order valence-electron chi connectivity index (χ0n) is 11.0. The number of hydrogen-bond donors (Lipinski definition) is 1. The van der Waals surface area contributed by atoms with Crippen molar-refractivity contribution in [1.82, 2.24) is 0 Å². The molecule has 0 spiro atoms. The lowest BCUT2D eigenvalue weighted by atomic mass is 9.91. The molecule has 0 aliphatic carbocycles. The van der Waals surface area contributed by atoms with Crippen molar-refractivity contribution in [2.45, 2.75) is 45.8 Å². The summed E-state index contributed by atoms with van der Waals surface area (Å²) in [7, 11) is 0. The fourth-order valence-electron chi connectivity index (χ4n) is 2.08. The Bertz CT molecular complexity index is 469. The van der Waals surface area contributed by atoms with E-state index in [1.54, 1.807) is 6.92 Å². The number of nitrogen functional groups attached to an aromatic ring is 1. The predicted molar refractivity (Wildman–Crippen MR) is 71.9 cm³/mol. The standard InChI is InChI=1S/C13H19NO3S/c1-4-13(3)6-8-9(7-17-13)18-11(10(8)14)12(15)16-5-2/h4-7,14H2,1-3H3. The van der Waals surface area contributed by atoms with E-state index in [4.69, 9.17) is 15.2 Å². The predicted octanol–water partition coefficient (Wildman–Crippen LogP) is 2.75.